The zero-order valence-electron chi connectivity index (χ0n) is 21.9. The minimum atomic E-state index is -1.65. The molecule has 0 fully saturated rings. The highest BCUT2D eigenvalue weighted by Crippen LogP contribution is 2.53. The van der Waals surface area contributed by atoms with Crippen LogP contribution in [0.4, 0.5) is 0 Å². The van der Waals surface area contributed by atoms with E-state index in [0.717, 1.165) is 30.3 Å². The molecule has 0 radical (unpaired) electrons. The van der Waals surface area contributed by atoms with Crippen molar-refractivity contribution >= 4 is 0 Å². The summed E-state index contributed by atoms with van der Waals surface area (Å²) in [6.07, 6.45) is -7.40. The number of fused-ring (bicyclic) bond motifs is 2. The molecule has 0 bridgehead atoms. The SMILES string of the molecule is Oc1ccc2c(c1)O[C@H](c1cc(O)c(O)c(O)c1)[C@@H](O)[C@@H]2c1cc2c(cc1O)O[C@@H](c1cc(O)c(O)c(O)c1)[C@@H](O)[C@H]2O. The lowest BCUT2D eigenvalue weighted by molar-refractivity contribution is -0.0703. The van der Waals surface area contributed by atoms with Crippen molar-refractivity contribution in [2.24, 2.45) is 0 Å². The number of aliphatic hydroxyl groups excluding tert-OH is 3. The fourth-order valence-corrected chi connectivity index (χ4v) is 5.65. The molecule has 11 N–H and O–H groups in total. The van der Waals surface area contributed by atoms with Gasteiger partial charge in [-0.15, -0.1) is 0 Å². The number of ether oxygens (including phenoxy) is 2. The van der Waals surface area contributed by atoms with Crippen molar-refractivity contribution in [3.05, 3.63) is 82.4 Å². The molecule has 0 spiro atoms. The standard InChI is InChI=1S/C30H26O13/c31-12-1-2-13-21(7-12)42-29(10-3-17(33)25(38)18(34)4-10)27(40)23(13)14-8-15-22(9-16(14)32)43-30(28(41)24(15)37)11-5-19(35)26(39)20(36)6-11/h1-9,23-24,27-41H/t23-,24-,27-,28-,29+,30-/m0/s1. The Morgan fingerprint density at radius 2 is 0.953 bits per heavy atom. The Labute approximate surface area is 242 Å². The fourth-order valence-electron chi connectivity index (χ4n) is 5.65. The van der Waals surface area contributed by atoms with Crippen LogP contribution in [0.5, 0.6) is 57.5 Å². The summed E-state index contributed by atoms with van der Waals surface area (Å²) in [5.74, 6) is -5.94. The topological polar surface area (TPSA) is 241 Å². The summed E-state index contributed by atoms with van der Waals surface area (Å²) >= 11 is 0. The van der Waals surface area contributed by atoms with Crippen molar-refractivity contribution in [1.29, 1.82) is 0 Å². The lowest BCUT2D eigenvalue weighted by Crippen LogP contribution is -2.36. The third-order valence-electron chi connectivity index (χ3n) is 7.78. The number of hydrogen-bond acceptors (Lipinski definition) is 13. The number of aliphatic hydroxyl groups is 3. The highest BCUT2D eigenvalue weighted by Gasteiger charge is 2.43. The molecule has 6 atom stereocenters. The summed E-state index contributed by atoms with van der Waals surface area (Å²) in [6, 6.07) is 10.8. The molecule has 13 nitrogen and oxygen atoms in total. The summed E-state index contributed by atoms with van der Waals surface area (Å²) in [4.78, 5) is 0. The van der Waals surface area contributed by atoms with E-state index < -0.39 is 76.7 Å². The number of hydrogen-bond donors (Lipinski definition) is 11. The number of phenolic OH excluding ortho intramolecular Hbond substituents is 8. The number of phenols is 8. The Morgan fingerprint density at radius 3 is 1.49 bits per heavy atom. The van der Waals surface area contributed by atoms with Gasteiger partial charge in [0.25, 0.3) is 0 Å². The largest absolute Gasteiger partial charge is 0.508 e. The van der Waals surface area contributed by atoms with Crippen LogP contribution in [0, 0.1) is 0 Å². The number of benzene rings is 4. The molecule has 2 heterocycles. The molecular weight excluding hydrogens is 568 g/mol. The first-order chi connectivity index (χ1) is 20.3. The highest BCUT2D eigenvalue weighted by atomic mass is 16.5. The van der Waals surface area contributed by atoms with E-state index in [9.17, 15) is 56.2 Å². The first-order valence-corrected chi connectivity index (χ1v) is 12.9. The van der Waals surface area contributed by atoms with Crippen LogP contribution in [0.2, 0.25) is 0 Å². The second-order valence-electron chi connectivity index (χ2n) is 10.5. The van der Waals surface area contributed by atoms with Crippen LogP contribution >= 0.6 is 0 Å². The van der Waals surface area contributed by atoms with Gasteiger partial charge < -0.3 is 65.6 Å². The molecule has 0 unspecified atom stereocenters. The van der Waals surface area contributed by atoms with Crippen LogP contribution < -0.4 is 9.47 Å². The Hall–Kier alpha value is -5.24. The quantitative estimate of drug-likeness (QED) is 0.153. The van der Waals surface area contributed by atoms with Crippen molar-refractivity contribution in [2.45, 2.75) is 36.4 Å². The second kappa shape index (κ2) is 9.94. The Balaban J connectivity index is 1.45. The Kier molecular flexibility index (Phi) is 6.45. The van der Waals surface area contributed by atoms with Crippen LogP contribution in [0.25, 0.3) is 0 Å². The molecule has 0 amide bonds. The minimum absolute atomic E-state index is 0.0189. The molecule has 0 aliphatic carbocycles. The van der Waals surface area contributed by atoms with E-state index in [1.807, 2.05) is 0 Å². The van der Waals surface area contributed by atoms with Crippen LogP contribution in [-0.4, -0.2) is 68.4 Å². The van der Waals surface area contributed by atoms with Gasteiger partial charge in [-0.3, -0.25) is 0 Å². The number of aromatic hydroxyl groups is 8. The van der Waals surface area contributed by atoms with Crippen LogP contribution in [0.15, 0.2) is 54.6 Å². The van der Waals surface area contributed by atoms with E-state index in [1.54, 1.807) is 0 Å². The van der Waals surface area contributed by atoms with Crippen molar-refractivity contribution < 1.29 is 65.6 Å². The lowest BCUT2D eigenvalue weighted by atomic mass is 9.78. The second-order valence-corrected chi connectivity index (χ2v) is 10.5. The molecule has 0 saturated carbocycles. The Morgan fingerprint density at radius 1 is 0.465 bits per heavy atom. The van der Waals surface area contributed by atoms with Gasteiger partial charge in [0.1, 0.15) is 41.3 Å². The van der Waals surface area contributed by atoms with E-state index in [2.05, 4.69) is 0 Å². The minimum Gasteiger partial charge on any atom is -0.508 e. The van der Waals surface area contributed by atoms with E-state index in [1.165, 1.54) is 24.3 Å². The molecule has 0 aromatic heterocycles. The van der Waals surface area contributed by atoms with Gasteiger partial charge in [0.15, 0.2) is 46.7 Å². The third kappa shape index (κ3) is 4.46. The predicted octanol–water partition coefficient (Wildman–Crippen LogP) is 2.49. The smallest absolute Gasteiger partial charge is 0.200 e. The molecule has 13 heteroatoms. The molecular formula is C30H26O13. The van der Waals surface area contributed by atoms with E-state index in [-0.39, 0.29) is 39.5 Å². The first-order valence-electron chi connectivity index (χ1n) is 12.9. The van der Waals surface area contributed by atoms with E-state index in [4.69, 9.17) is 9.47 Å². The van der Waals surface area contributed by atoms with Gasteiger partial charge in [-0.25, -0.2) is 0 Å². The summed E-state index contributed by atoms with van der Waals surface area (Å²) < 4.78 is 11.8. The molecule has 224 valence electrons. The van der Waals surface area contributed by atoms with Crippen LogP contribution in [-0.2, 0) is 0 Å². The van der Waals surface area contributed by atoms with Gasteiger partial charge in [-0.1, -0.05) is 6.07 Å². The third-order valence-corrected chi connectivity index (χ3v) is 7.78. The molecule has 2 aliphatic heterocycles. The molecule has 43 heavy (non-hydrogen) atoms. The highest BCUT2D eigenvalue weighted by molar-refractivity contribution is 5.59. The van der Waals surface area contributed by atoms with E-state index in [0.29, 0.717) is 5.56 Å². The average Bonchev–Trinajstić information content (AvgIpc) is 2.96. The van der Waals surface area contributed by atoms with Crippen molar-refractivity contribution in [3.63, 3.8) is 0 Å². The number of rotatable bonds is 3. The molecule has 4 aromatic carbocycles. The molecule has 0 saturated heterocycles. The van der Waals surface area contributed by atoms with E-state index >= 15 is 0 Å². The molecule has 2 aliphatic rings. The summed E-state index contributed by atoms with van der Waals surface area (Å²) in [6.45, 7) is 0. The maximum absolute atomic E-state index is 11.6. The van der Waals surface area contributed by atoms with Gasteiger partial charge in [0.05, 0.1) is 0 Å². The normalized spacial score (nSPS) is 24.3. The Bertz CT molecular complexity index is 1710. The predicted molar refractivity (Wildman–Crippen MR) is 145 cm³/mol. The van der Waals surface area contributed by atoms with Gasteiger partial charge in [0.2, 0.25) is 0 Å². The monoisotopic (exact) mass is 594 g/mol. The zero-order valence-corrected chi connectivity index (χ0v) is 21.9. The lowest BCUT2D eigenvalue weighted by Gasteiger charge is -2.39. The van der Waals surface area contributed by atoms with Gasteiger partial charge >= 0.3 is 0 Å². The van der Waals surface area contributed by atoms with Crippen molar-refractivity contribution in [1.82, 2.24) is 0 Å². The van der Waals surface area contributed by atoms with Gasteiger partial charge in [0, 0.05) is 45.9 Å². The van der Waals surface area contributed by atoms with Crippen molar-refractivity contribution in [3.8, 4) is 57.5 Å². The summed E-state index contributed by atoms with van der Waals surface area (Å²) in [5, 5.41) is 114. The maximum atomic E-state index is 11.6. The molecule has 6 rings (SSSR count). The van der Waals surface area contributed by atoms with Crippen molar-refractivity contribution in [2.75, 3.05) is 0 Å². The maximum Gasteiger partial charge on any atom is 0.200 e. The van der Waals surface area contributed by atoms with Crippen LogP contribution in [0.3, 0.4) is 0 Å². The first kappa shape index (κ1) is 27.9. The van der Waals surface area contributed by atoms with Crippen LogP contribution in [0.1, 0.15) is 52.0 Å². The summed E-state index contributed by atoms with van der Waals surface area (Å²) in [5.41, 5.74) is 0.485. The zero-order chi connectivity index (χ0) is 30.9. The average molecular weight is 595 g/mol. The molecule has 4 aromatic rings. The van der Waals surface area contributed by atoms with Gasteiger partial charge in [-0.2, -0.15) is 0 Å². The fraction of sp³-hybridized carbons (Fsp3) is 0.200. The summed E-state index contributed by atoms with van der Waals surface area (Å²) in [7, 11) is 0. The van der Waals surface area contributed by atoms with Gasteiger partial charge in [-0.05, 0) is 36.4 Å².